The zero-order chi connectivity index (χ0) is 13.7. The lowest BCUT2D eigenvalue weighted by Gasteiger charge is -2.36. The zero-order valence-electron chi connectivity index (χ0n) is 12.2. The molecule has 1 amide bonds. The van der Waals surface area contributed by atoms with Crippen LogP contribution < -0.4 is 10.6 Å². The molecule has 2 aliphatic heterocycles. The highest BCUT2D eigenvalue weighted by Crippen LogP contribution is 2.15. The average Bonchev–Trinajstić information content (AvgIpc) is 2.45. The van der Waals surface area contributed by atoms with Crippen LogP contribution >= 0.6 is 0 Å². The summed E-state index contributed by atoms with van der Waals surface area (Å²) < 4.78 is 5.51. The second kappa shape index (κ2) is 7.22. The summed E-state index contributed by atoms with van der Waals surface area (Å²) in [7, 11) is 0. The van der Waals surface area contributed by atoms with Crippen LogP contribution in [0.2, 0.25) is 0 Å². The molecule has 0 aromatic carbocycles. The van der Waals surface area contributed by atoms with E-state index in [9.17, 15) is 4.79 Å². The van der Waals surface area contributed by atoms with Gasteiger partial charge in [-0.3, -0.25) is 9.69 Å². The molecular formula is C14H27N3O2. The van der Waals surface area contributed by atoms with Gasteiger partial charge in [-0.25, -0.2) is 0 Å². The largest absolute Gasteiger partial charge is 0.375 e. The highest BCUT2D eigenvalue weighted by atomic mass is 16.5. The van der Waals surface area contributed by atoms with Gasteiger partial charge in [0.15, 0.2) is 0 Å². The Kier molecular flexibility index (Phi) is 5.60. The van der Waals surface area contributed by atoms with E-state index in [0.717, 1.165) is 26.2 Å². The normalized spacial score (nSPS) is 33.1. The van der Waals surface area contributed by atoms with Crippen molar-refractivity contribution in [3.63, 3.8) is 0 Å². The summed E-state index contributed by atoms with van der Waals surface area (Å²) in [6, 6.07) is 0.301. The summed E-state index contributed by atoms with van der Waals surface area (Å²) in [5.41, 5.74) is 0. The van der Waals surface area contributed by atoms with Crippen LogP contribution in [0, 0.1) is 0 Å². The van der Waals surface area contributed by atoms with Crippen LogP contribution in [0.1, 0.15) is 33.1 Å². The average molecular weight is 269 g/mol. The van der Waals surface area contributed by atoms with Crippen molar-refractivity contribution >= 4 is 5.91 Å². The maximum Gasteiger partial charge on any atom is 0.239 e. The van der Waals surface area contributed by atoms with E-state index in [0.29, 0.717) is 12.6 Å². The molecular weight excluding hydrogens is 242 g/mol. The third-order valence-electron chi connectivity index (χ3n) is 4.27. The van der Waals surface area contributed by atoms with Crippen LogP contribution in [0.3, 0.4) is 0 Å². The fraction of sp³-hybridized carbons (Fsp3) is 0.929. The van der Waals surface area contributed by atoms with E-state index in [2.05, 4.69) is 22.5 Å². The molecule has 2 saturated heterocycles. The van der Waals surface area contributed by atoms with Gasteiger partial charge in [-0.1, -0.05) is 13.3 Å². The van der Waals surface area contributed by atoms with Crippen molar-refractivity contribution in [2.24, 2.45) is 0 Å². The maximum absolute atomic E-state index is 12.2. The third-order valence-corrected chi connectivity index (χ3v) is 4.27. The summed E-state index contributed by atoms with van der Waals surface area (Å²) in [6.07, 6.45) is 3.71. The van der Waals surface area contributed by atoms with Gasteiger partial charge in [0.05, 0.1) is 12.7 Å². The molecule has 2 N–H and O–H groups in total. The number of amides is 1. The Morgan fingerprint density at radius 2 is 2.32 bits per heavy atom. The Labute approximate surface area is 116 Å². The van der Waals surface area contributed by atoms with Gasteiger partial charge in [-0.2, -0.15) is 0 Å². The number of carbonyl (C=O) groups is 1. The molecule has 5 nitrogen and oxygen atoms in total. The summed E-state index contributed by atoms with van der Waals surface area (Å²) in [4.78, 5) is 14.6. The lowest BCUT2D eigenvalue weighted by Crippen LogP contribution is -2.57. The Morgan fingerprint density at radius 1 is 1.47 bits per heavy atom. The van der Waals surface area contributed by atoms with Crippen molar-refractivity contribution < 1.29 is 9.53 Å². The number of likely N-dealkylation sites (tertiary alicyclic amines) is 1. The van der Waals surface area contributed by atoms with Gasteiger partial charge in [-0.05, 0) is 32.9 Å². The van der Waals surface area contributed by atoms with Crippen LogP contribution in [0.15, 0.2) is 0 Å². The number of carbonyl (C=O) groups excluding carboxylic acids is 1. The van der Waals surface area contributed by atoms with Crippen molar-refractivity contribution in [2.75, 3.05) is 32.8 Å². The second-order valence-corrected chi connectivity index (χ2v) is 5.53. The highest BCUT2D eigenvalue weighted by Gasteiger charge is 2.29. The molecule has 1 unspecified atom stereocenters. The van der Waals surface area contributed by atoms with Gasteiger partial charge in [0.1, 0.15) is 6.04 Å². The molecule has 0 aromatic heterocycles. The Balaban J connectivity index is 1.78. The molecule has 2 rings (SSSR count). The van der Waals surface area contributed by atoms with Gasteiger partial charge < -0.3 is 15.4 Å². The fourth-order valence-electron chi connectivity index (χ4n) is 3.06. The van der Waals surface area contributed by atoms with Gasteiger partial charge in [0.25, 0.3) is 0 Å². The summed E-state index contributed by atoms with van der Waals surface area (Å²) in [6.45, 7) is 8.59. The Bertz CT molecular complexity index is 298. The van der Waals surface area contributed by atoms with E-state index >= 15 is 0 Å². The number of morpholine rings is 1. The number of nitrogens with one attached hydrogen (secondary N) is 2. The first-order valence-corrected chi connectivity index (χ1v) is 7.59. The molecule has 0 spiro atoms. The number of hydrogen-bond acceptors (Lipinski definition) is 4. The molecule has 5 heteroatoms. The van der Waals surface area contributed by atoms with E-state index in [-0.39, 0.29) is 18.1 Å². The first-order valence-electron chi connectivity index (χ1n) is 7.59. The number of ether oxygens (including phenoxy) is 1. The number of piperidine rings is 1. The Morgan fingerprint density at radius 3 is 3.05 bits per heavy atom. The summed E-state index contributed by atoms with van der Waals surface area (Å²) in [5.74, 6) is 0.0776. The third kappa shape index (κ3) is 3.91. The summed E-state index contributed by atoms with van der Waals surface area (Å²) >= 11 is 0. The standard InChI is InChI=1S/C14H27N3O2/c1-3-17-8-5-4-6-12(17)10-16-14(18)13-11(2)19-9-7-15-13/h11-13,15H,3-10H2,1-2H3,(H,16,18)/t11-,12?,13+/m1/s1. The minimum Gasteiger partial charge on any atom is -0.375 e. The van der Waals surface area contributed by atoms with E-state index in [1.54, 1.807) is 0 Å². The highest BCUT2D eigenvalue weighted by molar-refractivity contribution is 5.82. The van der Waals surface area contributed by atoms with Crippen molar-refractivity contribution in [1.29, 1.82) is 0 Å². The molecule has 2 fully saturated rings. The molecule has 19 heavy (non-hydrogen) atoms. The second-order valence-electron chi connectivity index (χ2n) is 5.53. The quantitative estimate of drug-likeness (QED) is 0.773. The minimum absolute atomic E-state index is 0.0395. The van der Waals surface area contributed by atoms with Gasteiger partial charge in [0.2, 0.25) is 5.91 Å². The summed E-state index contributed by atoms with van der Waals surface area (Å²) in [5, 5.41) is 6.32. The van der Waals surface area contributed by atoms with Crippen molar-refractivity contribution in [3.8, 4) is 0 Å². The van der Waals surface area contributed by atoms with Crippen molar-refractivity contribution in [1.82, 2.24) is 15.5 Å². The number of rotatable bonds is 4. The van der Waals surface area contributed by atoms with Crippen molar-refractivity contribution in [3.05, 3.63) is 0 Å². The number of hydrogen-bond donors (Lipinski definition) is 2. The van der Waals surface area contributed by atoms with E-state index in [1.165, 1.54) is 19.3 Å². The van der Waals surface area contributed by atoms with Gasteiger partial charge >= 0.3 is 0 Å². The van der Waals surface area contributed by atoms with E-state index in [4.69, 9.17) is 4.74 Å². The van der Waals surface area contributed by atoms with Crippen LogP contribution in [0.4, 0.5) is 0 Å². The molecule has 2 heterocycles. The van der Waals surface area contributed by atoms with Crippen molar-refractivity contribution in [2.45, 2.75) is 51.3 Å². The fourth-order valence-corrected chi connectivity index (χ4v) is 3.06. The lowest BCUT2D eigenvalue weighted by atomic mass is 10.0. The SMILES string of the molecule is CCN1CCCCC1CNC(=O)[C@H]1NCCO[C@@H]1C. The molecule has 3 atom stereocenters. The van der Waals surface area contributed by atoms with Gasteiger partial charge in [0, 0.05) is 19.1 Å². The monoisotopic (exact) mass is 269 g/mol. The first kappa shape index (κ1) is 14.8. The predicted molar refractivity (Wildman–Crippen MR) is 75.1 cm³/mol. The lowest BCUT2D eigenvalue weighted by molar-refractivity contribution is -0.129. The van der Waals surface area contributed by atoms with Crippen LogP contribution in [-0.4, -0.2) is 61.8 Å². The molecule has 110 valence electrons. The van der Waals surface area contributed by atoms with Crippen LogP contribution in [-0.2, 0) is 9.53 Å². The molecule has 0 saturated carbocycles. The van der Waals surface area contributed by atoms with Gasteiger partial charge in [-0.15, -0.1) is 0 Å². The molecule has 0 bridgehead atoms. The molecule has 0 aliphatic carbocycles. The van der Waals surface area contributed by atoms with E-state index in [1.807, 2.05) is 6.92 Å². The molecule has 0 aromatic rings. The van der Waals surface area contributed by atoms with Crippen LogP contribution in [0.5, 0.6) is 0 Å². The predicted octanol–water partition coefficient (Wildman–Crippen LogP) is 0.354. The topological polar surface area (TPSA) is 53.6 Å². The first-order chi connectivity index (χ1) is 9.22. The zero-order valence-corrected chi connectivity index (χ0v) is 12.2. The molecule has 0 radical (unpaired) electrons. The van der Waals surface area contributed by atoms with Crippen LogP contribution in [0.25, 0.3) is 0 Å². The minimum atomic E-state index is -0.201. The maximum atomic E-state index is 12.2. The smallest absolute Gasteiger partial charge is 0.239 e. The van der Waals surface area contributed by atoms with E-state index < -0.39 is 0 Å². The molecule has 2 aliphatic rings. The Hall–Kier alpha value is -0.650. The number of likely N-dealkylation sites (N-methyl/N-ethyl adjacent to an activating group) is 1. The number of nitrogens with zero attached hydrogens (tertiary/aromatic N) is 1.